The van der Waals surface area contributed by atoms with Crippen molar-refractivity contribution < 1.29 is 4.39 Å². The Morgan fingerprint density at radius 1 is 1.10 bits per heavy atom. The molecule has 1 aromatic heterocycles. The number of halogens is 2. The fourth-order valence-electron chi connectivity index (χ4n) is 2.50. The predicted octanol–water partition coefficient (Wildman–Crippen LogP) is 6.14. The smallest absolute Gasteiger partial charge is 0.129 e. The SMILES string of the molecule is Cc1cc(C(Br)c2csc3ccccc23)cc(C)c1F. The van der Waals surface area contributed by atoms with Gasteiger partial charge in [-0.05, 0) is 52.9 Å². The molecule has 0 aliphatic rings. The van der Waals surface area contributed by atoms with Crippen LogP contribution >= 0.6 is 27.3 Å². The van der Waals surface area contributed by atoms with Gasteiger partial charge in [0, 0.05) is 4.70 Å². The van der Waals surface area contributed by atoms with Gasteiger partial charge < -0.3 is 0 Å². The first-order valence-electron chi connectivity index (χ1n) is 6.45. The number of fused-ring (bicyclic) bond motifs is 1. The van der Waals surface area contributed by atoms with Gasteiger partial charge in [0.25, 0.3) is 0 Å². The van der Waals surface area contributed by atoms with Gasteiger partial charge in [-0.1, -0.05) is 46.3 Å². The molecule has 3 rings (SSSR count). The molecule has 0 saturated heterocycles. The summed E-state index contributed by atoms with van der Waals surface area (Å²) >= 11 is 5.52. The van der Waals surface area contributed by atoms with Crippen LogP contribution in [0.25, 0.3) is 10.1 Å². The molecule has 0 radical (unpaired) electrons. The molecular formula is C17H14BrFS. The van der Waals surface area contributed by atoms with Crippen molar-refractivity contribution in [2.75, 3.05) is 0 Å². The van der Waals surface area contributed by atoms with Crippen LogP contribution in [0, 0.1) is 19.7 Å². The van der Waals surface area contributed by atoms with Gasteiger partial charge in [0.2, 0.25) is 0 Å². The Kier molecular flexibility index (Phi) is 3.65. The van der Waals surface area contributed by atoms with E-state index in [-0.39, 0.29) is 10.6 Å². The van der Waals surface area contributed by atoms with Crippen molar-refractivity contribution in [2.24, 2.45) is 0 Å². The molecular weight excluding hydrogens is 335 g/mol. The van der Waals surface area contributed by atoms with Crippen molar-refractivity contribution in [3.63, 3.8) is 0 Å². The maximum atomic E-state index is 13.8. The molecule has 0 nitrogen and oxygen atoms in total. The van der Waals surface area contributed by atoms with Gasteiger partial charge in [-0.25, -0.2) is 4.39 Å². The van der Waals surface area contributed by atoms with Gasteiger partial charge in [-0.15, -0.1) is 11.3 Å². The van der Waals surface area contributed by atoms with Crippen molar-refractivity contribution in [2.45, 2.75) is 18.7 Å². The minimum absolute atomic E-state index is 0.0941. The second-order valence-electron chi connectivity index (χ2n) is 5.02. The molecule has 1 atom stereocenters. The quantitative estimate of drug-likeness (QED) is 0.487. The summed E-state index contributed by atoms with van der Waals surface area (Å²) in [6.07, 6.45) is 0. The van der Waals surface area contributed by atoms with E-state index in [0.29, 0.717) is 11.1 Å². The molecule has 0 bridgehead atoms. The largest absolute Gasteiger partial charge is 0.206 e. The average molecular weight is 349 g/mol. The Labute approximate surface area is 130 Å². The third-order valence-electron chi connectivity index (χ3n) is 3.54. The monoisotopic (exact) mass is 348 g/mol. The van der Waals surface area contributed by atoms with Crippen molar-refractivity contribution in [3.05, 3.63) is 69.8 Å². The Bertz CT molecular complexity index is 753. The van der Waals surface area contributed by atoms with E-state index in [1.54, 1.807) is 11.3 Å². The Morgan fingerprint density at radius 2 is 1.75 bits per heavy atom. The second kappa shape index (κ2) is 5.30. The number of alkyl halides is 1. The number of aryl methyl sites for hydroxylation is 2. The Morgan fingerprint density at radius 3 is 2.45 bits per heavy atom. The molecule has 102 valence electrons. The fourth-order valence-corrected chi connectivity index (χ4v) is 4.30. The number of hydrogen-bond donors (Lipinski definition) is 0. The van der Waals surface area contributed by atoms with E-state index in [1.165, 1.54) is 15.6 Å². The van der Waals surface area contributed by atoms with Crippen LogP contribution in [0.1, 0.15) is 27.1 Å². The predicted molar refractivity (Wildman–Crippen MR) is 88.5 cm³/mol. The van der Waals surface area contributed by atoms with Gasteiger partial charge >= 0.3 is 0 Å². The summed E-state index contributed by atoms with van der Waals surface area (Å²) in [6, 6.07) is 12.2. The summed E-state index contributed by atoms with van der Waals surface area (Å²) in [7, 11) is 0. The van der Waals surface area contributed by atoms with Gasteiger partial charge in [-0.2, -0.15) is 0 Å². The summed E-state index contributed by atoms with van der Waals surface area (Å²) in [5.41, 5.74) is 3.74. The van der Waals surface area contributed by atoms with E-state index in [2.05, 4.69) is 45.6 Å². The van der Waals surface area contributed by atoms with E-state index < -0.39 is 0 Å². The van der Waals surface area contributed by atoms with Crippen LogP contribution in [-0.4, -0.2) is 0 Å². The van der Waals surface area contributed by atoms with Crippen LogP contribution in [0.2, 0.25) is 0 Å². The molecule has 1 heterocycles. The highest BCUT2D eigenvalue weighted by Crippen LogP contribution is 2.39. The summed E-state index contributed by atoms with van der Waals surface area (Å²) in [6.45, 7) is 3.63. The molecule has 2 aromatic carbocycles. The highest BCUT2D eigenvalue weighted by Gasteiger charge is 2.16. The third kappa shape index (κ3) is 2.29. The van der Waals surface area contributed by atoms with Crippen molar-refractivity contribution in [1.82, 2.24) is 0 Å². The lowest BCUT2D eigenvalue weighted by atomic mass is 10.00. The standard InChI is InChI=1S/C17H14BrFS/c1-10-7-12(8-11(2)17(10)19)16(18)14-9-20-15-6-4-3-5-13(14)15/h3-9,16H,1-2H3. The summed E-state index contributed by atoms with van der Waals surface area (Å²) in [5, 5.41) is 3.44. The van der Waals surface area contributed by atoms with Crippen LogP contribution < -0.4 is 0 Å². The third-order valence-corrected chi connectivity index (χ3v) is 5.54. The van der Waals surface area contributed by atoms with Crippen molar-refractivity contribution in [3.8, 4) is 0 Å². The van der Waals surface area contributed by atoms with E-state index in [9.17, 15) is 4.39 Å². The van der Waals surface area contributed by atoms with Crippen LogP contribution in [0.3, 0.4) is 0 Å². The molecule has 0 aliphatic carbocycles. The minimum Gasteiger partial charge on any atom is -0.206 e. The Hall–Kier alpha value is -1.19. The summed E-state index contributed by atoms with van der Waals surface area (Å²) in [5.74, 6) is -0.108. The molecule has 0 fully saturated rings. The molecule has 0 saturated carbocycles. The average Bonchev–Trinajstić information content (AvgIpc) is 2.87. The van der Waals surface area contributed by atoms with E-state index in [1.807, 2.05) is 26.0 Å². The summed E-state index contributed by atoms with van der Waals surface area (Å²) in [4.78, 5) is 0.0941. The minimum atomic E-state index is -0.108. The fraction of sp³-hybridized carbons (Fsp3) is 0.176. The lowest BCUT2D eigenvalue weighted by Gasteiger charge is -2.13. The molecule has 3 heteroatoms. The lowest BCUT2D eigenvalue weighted by molar-refractivity contribution is 0.608. The van der Waals surface area contributed by atoms with Gasteiger partial charge in [0.15, 0.2) is 0 Å². The van der Waals surface area contributed by atoms with Crippen LogP contribution in [0.15, 0.2) is 41.8 Å². The number of thiophene rings is 1. The zero-order valence-corrected chi connectivity index (χ0v) is 13.7. The maximum absolute atomic E-state index is 13.8. The zero-order chi connectivity index (χ0) is 14.3. The normalized spacial score (nSPS) is 12.8. The zero-order valence-electron chi connectivity index (χ0n) is 11.3. The molecule has 0 amide bonds. The molecule has 20 heavy (non-hydrogen) atoms. The van der Waals surface area contributed by atoms with Gasteiger partial charge in [0.05, 0.1) is 4.83 Å². The number of benzene rings is 2. The summed E-state index contributed by atoms with van der Waals surface area (Å²) < 4.78 is 15.0. The first kappa shape index (κ1) is 13.8. The molecule has 3 aromatic rings. The topological polar surface area (TPSA) is 0 Å². The van der Waals surface area contributed by atoms with E-state index in [0.717, 1.165) is 5.56 Å². The first-order chi connectivity index (χ1) is 9.58. The van der Waals surface area contributed by atoms with E-state index >= 15 is 0 Å². The Balaban J connectivity index is 2.11. The molecule has 0 aliphatic heterocycles. The second-order valence-corrected chi connectivity index (χ2v) is 6.85. The van der Waals surface area contributed by atoms with Crippen LogP contribution in [0.4, 0.5) is 4.39 Å². The van der Waals surface area contributed by atoms with Crippen LogP contribution in [0.5, 0.6) is 0 Å². The lowest BCUT2D eigenvalue weighted by Crippen LogP contribution is -1.96. The highest BCUT2D eigenvalue weighted by atomic mass is 79.9. The number of hydrogen-bond acceptors (Lipinski definition) is 1. The molecule has 1 unspecified atom stereocenters. The highest BCUT2D eigenvalue weighted by molar-refractivity contribution is 9.09. The van der Waals surface area contributed by atoms with E-state index in [4.69, 9.17) is 0 Å². The van der Waals surface area contributed by atoms with Crippen LogP contribution in [-0.2, 0) is 0 Å². The first-order valence-corrected chi connectivity index (χ1v) is 8.24. The van der Waals surface area contributed by atoms with Gasteiger partial charge in [0.1, 0.15) is 5.82 Å². The van der Waals surface area contributed by atoms with Crippen molar-refractivity contribution in [1.29, 1.82) is 0 Å². The molecule has 0 spiro atoms. The number of rotatable bonds is 2. The van der Waals surface area contributed by atoms with Crippen molar-refractivity contribution >= 4 is 37.4 Å². The van der Waals surface area contributed by atoms with Gasteiger partial charge in [-0.3, -0.25) is 0 Å². The molecule has 0 N–H and O–H groups in total. The maximum Gasteiger partial charge on any atom is 0.129 e.